The van der Waals surface area contributed by atoms with Gasteiger partial charge in [0.2, 0.25) is 0 Å². The Morgan fingerprint density at radius 1 is 1.32 bits per heavy atom. The van der Waals surface area contributed by atoms with Gasteiger partial charge in [0.15, 0.2) is 0 Å². The Morgan fingerprint density at radius 3 is 2.59 bits per heavy atom. The molecule has 4 nitrogen and oxygen atoms in total. The minimum atomic E-state index is -4.42. The Hall–Kier alpha value is -1.76. The van der Waals surface area contributed by atoms with Crippen molar-refractivity contribution in [3.8, 4) is 0 Å². The zero-order valence-corrected chi connectivity index (χ0v) is 12.6. The Labute approximate surface area is 126 Å². The van der Waals surface area contributed by atoms with Crippen LogP contribution in [0.25, 0.3) is 0 Å². The molecule has 0 N–H and O–H groups in total. The van der Waals surface area contributed by atoms with Crippen LogP contribution in [-0.2, 0) is 15.8 Å². The maximum absolute atomic E-state index is 12.8. The van der Waals surface area contributed by atoms with Gasteiger partial charge >= 0.3 is 12.3 Å². The number of halogens is 3. The summed E-state index contributed by atoms with van der Waals surface area (Å²) in [6.07, 6.45) is -4.71. The molecule has 122 valence electrons. The average Bonchev–Trinajstić information content (AvgIpc) is 2.85. The van der Waals surface area contributed by atoms with Crippen LogP contribution in [0.3, 0.4) is 0 Å². The number of nitrogens with zero attached hydrogens (tertiary/aromatic N) is 1. The highest BCUT2D eigenvalue weighted by molar-refractivity contribution is 5.67. The molecule has 1 aromatic carbocycles. The lowest BCUT2D eigenvalue weighted by atomic mass is 10.0. The third-order valence-corrected chi connectivity index (χ3v) is 3.08. The number of hydrogen-bond acceptors (Lipinski definition) is 3. The van der Waals surface area contributed by atoms with E-state index >= 15 is 0 Å². The summed E-state index contributed by atoms with van der Waals surface area (Å²) in [4.78, 5) is 17.3. The molecule has 0 saturated carbocycles. The van der Waals surface area contributed by atoms with Crippen LogP contribution in [0.2, 0.25) is 0 Å². The van der Waals surface area contributed by atoms with E-state index in [1.54, 1.807) is 26.8 Å². The second-order valence-corrected chi connectivity index (χ2v) is 6.07. The molecule has 0 unspecified atom stereocenters. The van der Waals surface area contributed by atoms with E-state index in [1.165, 1.54) is 6.07 Å². The second-order valence-electron chi connectivity index (χ2n) is 6.07. The number of carbonyl (C=O) groups is 1. The van der Waals surface area contributed by atoms with E-state index in [0.717, 1.165) is 17.2 Å². The summed E-state index contributed by atoms with van der Waals surface area (Å²) in [7, 11) is 0. The van der Waals surface area contributed by atoms with Crippen molar-refractivity contribution < 1.29 is 27.5 Å². The average molecular weight is 317 g/mol. The molecule has 1 amide bonds. The molecule has 0 aromatic heterocycles. The predicted octanol–water partition coefficient (Wildman–Crippen LogP) is 4.32. The number of carbonyl (C=O) groups excluding carboxylic acids is 1. The van der Waals surface area contributed by atoms with Gasteiger partial charge < -0.3 is 4.74 Å². The summed E-state index contributed by atoms with van der Waals surface area (Å²) in [5, 5.41) is 1.01. The van der Waals surface area contributed by atoms with Crippen molar-refractivity contribution >= 4 is 6.09 Å². The van der Waals surface area contributed by atoms with Crippen molar-refractivity contribution in [2.24, 2.45) is 0 Å². The highest BCUT2D eigenvalue weighted by Gasteiger charge is 2.37. The van der Waals surface area contributed by atoms with Crippen LogP contribution in [0, 0.1) is 0 Å². The van der Waals surface area contributed by atoms with Crippen molar-refractivity contribution in [3.63, 3.8) is 0 Å². The monoisotopic (exact) mass is 317 g/mol. The second kappa shape index (κ2) is 5.79. The first-order valence-corrected chi connectivity index (χ1v) is 6.90. The summed E-state index contributed by atoms with van der Waals surface area (Å²) in [5.41, 5.74) is -1.08. The van der Waals surface area contributed by atoms with Crippen molar-refractivity contribution in [2.45, 2.75) is 45.0 Å². The van der Waals surface area contributed by atoms with Crippen LogP contribution in [0.5, 0.6) is 0 Å². The van der Waals surface area contributed by atoms with Crippen LogP contribution >= 0.6 is 0 Å². The molecule has 1 aliphatic heterocycles. The fraction of sp³-hybridized carbons (Fsp3) is 0.533. The van der Waals surface area contributed by atoms with Crippen molar-refractivity contribution in [1.29, 1.82) is 0 Å². The SMILES string of the molecule is CC(C)(C)OC(=O)N1OCC[C@@H]1c1cccc(C(F)(F)F)c1. The highest BCUT2D eigenvalue weighted by Crippen LogP contribution is 2.35. The minimum Gasteiger partial charge on any atom is -0.442 e. The molecule has 1 atom stereocenters. The number of hydrogen-bond donors (Lipinski definition) is 0. The maximum Gasteiger partial charge on any atom is 0.435 e. The van der Waals surface area contributed by atoms with Crippen LogP contribution in [-0.4, -0.2) is 23.4 Å². The van der Waals surface area contributed by atoms with E-state index in [0.29, 0.717) is 12.0 Å². The molecule has 1 fully saturated rings. The lowest BCUT2D eigenvalue weighted by Crippen LogP contribution is -2.35. The van der Waals surface area contributed by atoms with Crippen LogP contribution in [0.4, 0.5) is 18.0 Å². The van der Waals surface area contributed by atoms with E-state index in [1.807, 2.05) is 0 Å². The van der Waals surface area contributed by atoms with E-state index in [9.17, 15) is 18.0 Å². The van der Waals surface area contributed by atoms with Gasteiger partial charge in [-0.3, -0.25) is 4.84 Å². The van der Waals surface area contributed by atoms with Crippen LogP contribution in [0.1, 0.15) is 44.4 Å². The molecule has 1 aromatic rings. The maximum atomic E-state index is 12.8. The largest absolute Gasteiger partial charge is 0.442 e. The molecule has 0 bridgehead atoms. The van der Waals surface area contributed by atoms with Gasteiger partial charge in [-0.1, -0.05) is 12.1 Å². The van der Waals surface area contributed by atoms with E-state index < -0.39 is 29.5 Å². The summed E-state index contributed by atoms with van der Waals surface area (Å²) < 4.78 is 43.6. The molecular formula is C15H18F3NO3. The van der Waals surface area contributed by atoms with E-state index in [4.69, 9.17) is 9.57 Å². The Bertz CT molecular complexity index is 552. The fourth-order valence-electron chi connectivity index (χ4n) is 2.18. The van der Waals surface area contributed by atoms with Crippen molar-refractivity contribution in [1.82, 2.24) is 5.06 Å². The van der Waals surface area contributed by atoms with Gasteiger partial charge in [-0.05, 0) is 38.5 Å². The summed E-state index contributed by atoms with van der Waals surface area (Å²) in [6.45, 7) is 5.38. The van der Waals surface area contributed by atoms with Gasteiger partial charge in [0, 0.05) is 6.42 Å². The number of amides is 1. The molecule has 1 aliphatic rings. The van der Waals surface area contributed by atoms with Gasteiger partial charge in [-0.15, -0.1) is 0 Å². The first-order chi connectivity index (χ1) is 10.1. The Kier molecular flexibility index (Phi) is 4.37. The zero-order valence-electron chi connectivity index (χ0n) is 12.6. The number of ether oxygens (including phenoxy) is 1. The lowest BCUT2D eigenvalue weighted by molar-refractivity contribution is -0.138. The Balaban J connectivity index is 2.22. The topological polar surface area (TPSA) is 38.8 Å². The van der Waals surface area contributed by atoms with Crippen LogP contribution in [0.15, 0.2) is 24.3 Å². The first kappa shape index (κ1) is 16.6. The first-order valence-electron chi connectivity index (χ1n) is 6.90. The van der Waals surface area contributed by atoms with Gasteiger partial charge in [0.1, 0.15) is 5.60 Å². The van der Waals surface area contributed by atoms with Gasteiger partial charge in [-0.25, -0.2) is 4.79 Å². The molecular weight excluding hydrogens is 299 g/mol. The molecule has 2 rings (SSSR count). The molecule has 0 spiro atoms. The van der Waals surface area contributed by atoms with Crippen LogP contribution < -0.4 is 0 Å². The summed E-state index contributed by atoms with van der Waals surface area (Å²) in [5.74, 6) is 0. The molecule has 0 radical (unpaired) electrons. The number of alkyl halides is 3. The van der Waals surface area contributed by atoms with Gasteiger partial charge in [0.25, 0.3) is 0 Å². The standard InChI is InChI=1S/C15H18F3NO3/c1-14(2,3)22-13(20)19-12(7-8-21-19)10-5-4-6-11(9-10)15(16,17)18/h4-6,9,12H,7-8H2,1-3H3/t12-/m1/s1. The fourth-order valence-corrected chi connectivity index (χ4v) is 2.18. The molecule has 1 saturated heterocycles. The Morgan fingerprint density at radius 2 is 2.00 bits per heavy atom. The van der Waals surface area contributed by atoms with Gasteiger partial charge in [-0.2, -0.15) is 18.2 Å². The summed E-state index contributed by atoms with van der Waals surface area (Å²) >= 11 is 0. The third-order valence-electron chi connectivity index (χ3n) is 3.08. The molecule has 1 heterocycles. The summed E-state index contributed by atoms with van der Waals surface area (Å²) in [6, 6.07) is 4.32. The molecule has 22 heavy (non-hydrogen) atoms. The number of benzene rings is 1. The van der Waals surface area contributed by atoms with Gasteiger partial charge in [0.05, 0.1) is 18.2 Å². The molecule has 7 heteroatoms. The smallest absolute Gasteiger partial charge is 0.435 e. The third kappa shape index (κ3) is 3.91. The minimum absolute atomic E-state index is 0.250. The zero-order chi connectivity index (χ0) is 16.5. The van der Waals surface area contributed by atoms with E-state index in [-0.39, 0.29) is 6.61 Å². The number of hydroxylamine groups is 2. The lowest BCUT2D eigenvalue weighted by Gasteiger charge is -2.27. The van der Waals surface area contributed by atoms with E-state index in [2.05, 4.69) is 0 Å². The van der Waals surface area contributed by atoms with Crippen molar-refractivity contribution in [3.05, 3.63) is 35.4 Å². The number of rotatable bonds is 1. The predicted molar refractivity (Wildman–Crippen MR) is 72.8 cm³/mol. The normalized spacial score (nSPS) is 19.4. The highest BCUT2D eigenvalue weighted by atomic mass is 19.4. The molecule has 0 aliphatic carbocycles. The quantitative estimate of drug-likeness (QED) is 0.774. The van der Waals surface area contributed by atoms with Crippen molar-refractivity contribution in [2.75, 3.05) is 6.61 Å².